The van der Waals surface area contributed by atoms with Crippen LogP contribution < -0.4 is 5.32 Å². The number of carbonyl (C=O) groups is 2. The molecular formula is C21H24ClN3O7S. The van der Waals surface area contributed by atoms with Crippen LogP contribution in [0.25, 0.3) is 0 Å². The normalized spacial score (nSPS) is 11.3. The quantitative estimate of drug-likeness (QED) is 0.296. The molecule has 0 atom stereocenters. The zero-order valence-corrected chi connectivity index (χ0v) is 19.9. The molecule has 0 aromatic heterocycles. The van der Waals surface area contributed by atoms with Gasteiger partial charge >= 0.3 is 5.97 Å². The van der Waals surface area contributed by atoms with Crippen LogP contribution in [-0.4, -0.2) is 49.7 Å². The lowest BCUT2D eigenvalue weighted by Gasteiger charge is -2.21. The number of carbonyl (C=O) groups excluding carboxylic acids is 2. The summed E-state index contributed by atoms with van der Waals surface area (Å²) in [4.78, 5) is 35.1. The molecule has 10 nitrogen and oxygen atoms in total. The van der Waals surface area contributed by atoms with Crippen molar-refractivity contribution in [3.63, 3.8) is 0 Å². The average molecular weight is 498 g/mol. The van der Waals surface area contributed by atoms with Gasteiger partial charge in [-0.1, -0.05) is 25.4 Å². The van der Waals surface area contributed by atoms with Crippen LogP contribution in [0, 0.1) is 10.1 Å². The second kappa shape index (κ2) is 11.2. The largest absolute Gasteiger partial charge is 0.465 e. The molecular weight excluding hydrogens is 474 g/mol. The highest BCUT2D eigenvalue weighted by atomic mass is 35.5. The summed E-state index contributed by atoms with van der Waals surface area (Å²) in [7, 11) is -2.98. The lowest BCUT2D eigenvalue weighted by atomic mass is 10.1. The van der Waals surface area contributed by atoms with E-state index in [9.17, 15) is 28.1 Å². The van der Waals surface area contributed by atoms with E-state index in [1.807, 2.05) is 0 Å². The Balaban J connectivity index is 2.47. The van der Waals surface area contributed by atoms with Crippen LogP contribution in [0.3, 0.4) is 0 Å². The van der Waals surface area contributed by atoms with E-state index in [-0.39, 0.29) is 34.9 Å². The van der Waals surface area contributed by atoms with Crippen LogP contribution in [0.4, 0.5) is 11.4 Å². The Bertz CT molecular complexity index is 1160. The van der Waals surface area contributed by atoms with Crippen molar-refractivity contribution in [1.29, 1.82) is 0 Å². The van der Waals surface area contributed by atoms with Gasteiger partial charge < -0.3 is 10.1 Å². The standard InChI is InChI=1S/C21H24ClN3O7S/c1-4-10-24(11-5-2)33(30,31)19-9-6-14(12-18(19)25(28)29)20(26)23-17-8-7-15(22)13-16(17)21(27)32-3/h6-9,12-13H,4-5,10-11H2,1-3H3,(H,23,26). The van der Waals surface area contributed by atoms with Crippen molar-refractivity contribution in [2.24, 2.45) is 0 Å². The molecule has 0 spiro atoms. The monoisotopic (exact) mass is 497 g/mol. The number of amides is 1. The zero-order valence-electron chi connectivity index (χ0n) is 18.3. The Morgan fingerprint density at radius 1 is 1.12 bits per heavy atom. The predicted octanol–water partition coefficient (Wildman–Crippen LogP) is 4.10. The van der Waals surface area contributed by atoms with Gasteiger partial charge in [0.2, 0.25) is 10.0 Å². The molecule has 0 saturated heterocycles. The molecule has 1 N–H and O–H groups in total. The number of nitrogens with one attached hydrogen (secondary N) is 1. The topological polar surface area (TPSA) is 136 Å². The van der Waals surface area contributed by atoms with Crippen LogP contribution in [0.15, 0.2) is 41.3 Å². The Hall–Kier alpha value is -3.02. The van der Waals surface area contributed by atoms with Gasteiger partial charge in [-0.15, -0.1) is 0 Å². The van der Waals surface area contributed by atoms with Gasteiger partial charge in [0.1, 0.15) is 0 Å². The fourth-order valence-corrected chi connectivity index (χ4v) is 5.04. The lowest BCUT2D eigenvalue weighted by molar-refractivity contribution is -0.387. The van der Waals surface area contributed by atoms with Gasteiger partial charge in [-0.2, -0.15) is 4.31 Å². The number of benzene rings is 2. The molecule has 33 heavy (non-hydrogen) atoms. The number of nitrogens with zero attached hydrogens (tertiary/aromatic N) is 2. The first kappa shape index (κ1) is 26.2. The number of sulfonamides is 1. The summed E-state index contributed by atoms with van der Waals surface area (Å²) >= 11 is 5.90. The van der Waals surface area contributed by atoms with Crippen molar-refractivity contribution in [2.75, 3.05) is 25.5 Å². The maximum atomic E-state index is 13.1. The molecule has 0 fully saturated rings. The molecule has 178 valence electrons. The number of halogens is 1. The van der Waals surface area contributed by atoms with Crippen LogP contribution in [-0.2, 0) is 14.8 Å². The summed E-state index contributed by atoms with van der Waals surface area (Å²) in [5.41, 5.74) is -0.817. The van der Waals surface area contributed by atoms with Gasteiger partial charge in [-0.05, 0) is 43.2 Å². The summed E-state index contributed by atoms with van der Waals surface area (Å²) in [6.07, 6.45) is 1.08. The SMILES string of the molecule is CCCN(CCC)S(=O)(=O)c1ccc(C(=O)Nc2ccc(Cl)cc2C(=O)OC)cc1[N+](=O)[O-]. The zero-order chi connectivity index (χ0) is 24.8. The molecule has 0 bridgehead atoms. The summed E-state index contributed by atoms with van der Waals surface area (Å²) in [6, 6.07) is 7.25. The van der Waals surface area contributed by atoms with E-state index < -0.39 is 37.4 Å². The van der Waals surface area contributed by atoms with E-state index in [1.54, 1.807) is 13.8 Å². The van der Waals surface area contributed by atoms with E-state index in [4.69, 9.17) is 11.6 Å². The molecule has 0 aliphatic carbocycles. The Labute approximate surface area is 196 Å². The van der Waals surface area contributed by atoms with E-state index >= 15 is 0 Å². The van der Waals surface area contributed by atoms with Gasteiger partial charge in [-0.25, -0.2) is 13.2 Å². The van der Waals surface area contributed by atoms with Crippen molar-refractivity contribution < 1.29 is 27.7 Å². The summed E-state index contributed by atoms with van der Waals surface area (Å²) in [6.45, 7) is 4.03. The lowest BCUT2D eigenvalue weighted by Crippen LogP contribution is -2.33. The molecule has 0 aliphatic rings. The van der Waals surface area contributed by atoms with Crippen LogP contribution >= 0.6 is 11.6 Å². The second-order valence-corrected chi connectivity index (χ2v) is 9.32. The molecule has 2 aromatic rings. The number of nitro groups is 1. The van der Waals surface area contributed by atoms with E-state index in [0.717, 1.165) is 19.2 Å². The first-order valence-corrected chi connectivity index (χ1v) is 11.9. The first-order chi connectivity index (χ1) is 15.6. The molecule has 0 aliphatic heterocycles. The third kappa shape index (κ3) is 6.06. The average Bonchev–Trinajstić information content (AvgIpc) is 2.78. The summed E-state index contributed by atoms with van der Waals surface area (Å²) < 4.78 is 32.0. The predicted molar refractivity (Wildman–Crippen MR) is 123 cm³/mol. The fraction of sp³-hybridized carbons (Fsp3) is 0.333. The number of anilines is 1. The third-order valence-electron chi connectivity index (χ3n) is 4.62. The first-order valence-electron chi connectivity index (χ1n) is 10.0. The van der Waals surface area contributed by atoms with Gasteiger partial charge in [0.05, 0.1) is 23.3 Å². The second-order valence-electron chi connectivity index (χ2n) is 6.98. The Morgan fingerprint density at radius 2 is 1.76 bits per heavy atom. The van der Waals surface area contributed by atoms with Crippen LogP contribution in [0.1, 0.15) is 47.4 Å². The van der Waals surface area contributed by atoms with Gasteiger partial charge in [0.15, 0.2) is 4.90 Å². The van der Waals surface area contributed by atoms with Crippen molar-refractivity contribution in [1.82, 2.24) is 4.31 Å². The van der Waals surface area contributed by atoms with E-state index in [0.29, 0.717) is 12.8 Å². The molecule has 0 heterocycles. The van der Waals surface area contributed by atoms with Crippen LogP contribution in [0.2, 0.25) is 5.02 Å². The number of hydrogen-bond acceptors (Lipinski definition) is 7. The smallest absolute Gasteiger partial charge is 0.340 e. The molecule has 2 rings (SSSR count). The number of hydrogen-bond donors (Lipinski definition) is 1. The molecule has 0 unspecified atom stereocenters. The summed E-state index contributed by atoms with van der Waals surface area (Å²) in [5, 5.41) is 14.4. The fourth-order valence-electron chi connectivity index (χ4n) is 3.11. The Kier molecular flexibility index (Phi) is 8.91. The van der Waals surface area contributed by atoms with Gasteiger partial charge in [-0.3, -0.25) is 14.9 Å². The van der Waals surface area contributed by atoms with Crippen molar-refractivity contribution in [2.45, 2.75) is 31.6 Å². The van der Waals surface area contributed by atoms with Crippen LogP contribution in [0.5, 0.6) is 0 Å². The molecule has 0 radical (unpaired) electrons. The molecule has 1 amide bonds. The minimum atomic E-state index is -4.14. The minimum absolute atomic E-state index is 0.0122. The molecule has 0 saturated carbocycles. The number of esters is 1. The minimum Gasteiger partial charge on any atom is -0.465 e. The van der Waals surface area contributed by atoms with Gasteiger partial charge in [0.25, 0.3) is 11.6 Å². The number of ether oxygens (including phenoxy) is 1. The van der Waals surface area contributed by atoms with E-state index in [1.165, 1.54) is 28.6 Å². The maximum Gasteiger partial charge on any atom is 0.340 e. The van der Waals surface area contributed by atoms with Crippen molar-refractivity contribution in [3.05, 3.63) is 62.7 Å². The highest BCUT2D eigenvalue weighted by molar-refractivity contribution is 7.89. The van der Waals surface area contributed by atoms with E-state index in [2.05, 4.69) is 10.1 Å². The van der Waals surface area contributed by atoms with Gasteiger partial charge in [0, 0.05) is 29.7 Å². The van der Waals surface area contributed by atoms with Crippen molar-refractivity contribution in [3.8, 4) is 0 Å². The number of methoxy groups -OCH3 is 1. The molecule has 2 aromatic carbocycles. The maximum absolute atomic E-state index is 13.1. The van der Waals surface area contributed by atoms with Crippen molar-refractivity contribution >= 4 is 44.9 Å². The third-order valence-corrected chi connectivity index (χ3v) is 6.80. The number of rotatable bonds is 10. The number of nitro benzene ring substituents is 1. The molecule has 12 heteroatoms. The Morgan fingerprint density at radius 3 is 2.30 bits per heavy atom. The summed E-state index contributed by atoms with van der Waals surface area (Å²) in [5.74, 6) is -1.53. The highest BCUT2D eigenvalue weighted by Crippen LogP contribution is 2.29. The highest BCUT2D eigenvalue weighted by Gasteiger charge is 2.32.